The molecule has 0 N–H and O–H groups in total. The van der Waals surface area contributed by atoms with E-state index in [1.54, 1.807) is 0 Å². The number of carbonyl (C=O) groups excluding carboxylic acids is 2. The third kappa shape index (κ3) is 5.48. The van der Waals surface area contributed by atoms with E-state index in [-0.39, 0.29) is 6.61 Å². The van der Waals surface area contributed by atoms with E-state index in [0.29, 0.717) is 13.1 Å². The lowest BCUT2D eigenvalue weighted by Gasteiger charge is -2.27. The van der Waals surface area contributed by atoms with Crippen LogP contribution in [0, 0.1) is 0 Å². The highest BCUT2D eigenvalue weighted by Crippen LogP contribution is 2.09. The summed E-state index contributed by atoms with van der Waals surface area (Å²) in [5, 5.41) is 0. The lowest BCUT2D eigenvalue weighted by atomic mass is 10.2. The van der Waals surface area contributed by atoms with E-state index in [2.05, 4.69) is 0 Å². The second kappa shape index (κ2) is 9.95. The molecule has 0 spiro atoms. The fourth-order valence-electron chi connectivity index (χ4n) is 2.26. The molecular weight excluding hydrogens is 282 g/mol. The van der Waals surface area contributed by atoms with Crippen LogP contribution in [-0.2, 0) is 25.7 Å². The van der Waals surface area contributed by atoms with Crippen molar-refractivity contribution in [2.45, 2.75) is 39.3 Å². The average Bonchev–Trinajstić information content (AvgIpc) is 2.54. The Kier molecular flexibility index (Phi) is 8.22. The number of carbonyl (C=O) groups is 2. The highest BCUT2D eigenvalue weighted by atomic mass is 16.6. The van der Waals surface area contributed by atoms with Crippen molar-refractivity contribution in [1.29, 1.82) is 0 Å². The summed E-state index contributed by atoms with van der Waals surface area (Å²) in [6, 6.07) is 8.40. The fraction of sp³-hybridized carbons (Fsp3) is 0.529. The lowest BCUT2D eigenvalue weighted by Crippen LogP contribution is -2.48. The van der Waals surface area contributed by atoms with Gasteiger partial charge in [-0.1, -0.05) is 44.2 Å². The second-order valence-electron chi connectivity index (χ2n) is 5.05. The zero-order valence-electron chi connectivity index (χ0n) is 13.6. The predicted octanol–water partition coefficient (Wildman–Crippen LogP) is 2.39. The Morgan fingerprint density at radius 3 is 2.14 bits per heavy atom. The van der Waals surface area contributed by atoms with Gasteiger partial charge >= 0.3 is 11.9 Å². The molecule has 1 atom stereocenters. The molecule has 0 saturated heterocycles. The summed E-state index contributed by atoms with van der Waals surface area (Å²) in [6.45, 7) is 5.46. The molecule has 1 rings (SSSR count). The van der Waals surface area contributed by atoms with Gasteiger partial charge < -0.3 is 9.47 Å². The molecule has 22 heavy (non-hydrogen) atoms. The molecule has 0 bridgehead atoms. The van der Waals surface area contributed by atoms with Crippen molar-refractivity contribution in [3.8, 4) is 0 Å². The van der Waals surface area contributed by atoms with Crippen LogP contribution >= 0.6 is 0 Å². The first-order chi connectivity index (χ1) is 10.6. The van der Waals surface area contributed by atoms with Crippen molar-refractivity contribution in [2.24, 2.45) is 0 Å². The monoisotopic (exact) mass is 307 g/mol. The normalized spacial score (nSPS) is 12.0. The Bertz CT molecular complexity index is 455. The van der Waals surface area contributed by atoms with Crippen molar-refractivity contribution >= 4 is 11.9 Å². The summed E-state index contributed by atoms with van der Waals surface area (Å²) in [7, 11) is 1.29. The maximum Gasteiger partial charge on any atom is 0.335 e. The van der Waals surface area contributed by atoms with Crippen LogP contribution in [0.1, 0.15) is 32.3 Å². The fourth-order valence-corrected chi connectivity index (χ4v) is 2.26. The number of rotatable bonds is 9. The molecule has 0 fully saturated rings. The van der Waals surface area contributed by atoms with E-state index >= 15 is 0 Å². The van der Waals surface area contributed by atoms with Crippen LogP contribution in [-0.4, -0.2) is 43.1 Å². The third-order valence-electron chi connectivity index (χ3n) is 3.26. The third-order valence-corrected chi connectivity index (χ3v) is 3.26. The van der Waals surface area contributed by atoms with Crippen LogP contribution in [0.5, 0.6) is 0 Å². The Morgan fingerprint density at radius 1 is 1.05 bits per heavy atom. The molecule has 1 aromatic rings. The van der Waals surface area contributed by atoms with Crippen molar-refractivity contribution < 1.29 is 19.1 Å². The molecule has 0 aliphatic carbocycles. The van der Waals surface area contributed by atoms with Crippen LogP contribution in [0.25, 0.3) is 0 Å². The Hall–Kier alpha value is -1.88. The molecule has 0 aliphatic rings. The van der Waals surface area contributed by atoms with Gasteiger partial charge in [0.1, 0.15) is 6.61 Å². The molecular formula is C17H25NO4. The zero-order valence-corrected chi connectivity index (χ0v) is 13.6. The molecule has 0 radical (unpaired) electrons. The first kappa shape index (κ1) is 18.2. The molecule has 0 amide bonds. The summed E-state index contributed by atoms with van der Waals surface area (Å²) >= 11 is 0. The minimum absolute atomic E-state index is 0.152. The van der Waals surface area contributed by atoms with Gasteiger partial charge in [0.25, 0.3) is 0 Å². The number of nitrogens with zero attached hydrogens (tertiary/aromatic N) is 1. The van der Waals surface area contributed by atoms with Gasteiger partial charge in [0.05, 0.1) is 7.11 Å². The van der Waals surface area contributed by atoms with Crippen molar-refractivity contribution in [3.63, 3.8) is 0 Å². The standard InChI is InChI=1S/C17H25NO4/c1-4-11-18(12-5-2)15(16(19)21-3)17(20)22-13-14-9-7-6-8-10-14/h6-10,15H,4-5,11-13H2,1-3H3. The first-order valence-electron chi connectivity index (χ1n) is 7.66. The van der Waals surface area contributed by atoms with Gasteiger partial charge in [-0.05, 0) is 31.5 Å². The number of esters is 2. The van der Waals surface area contributed by atoms with Crippen molar-refractivity contribution in [1.82, 2.24) is 4.90 Å². The van der Waals surface area contributed by atoms with Gasteiger partial charge in [-0.2, -0.15) is 0 Å². The predicted molar refractivity (Wildman–Crippen MR) is 84.2 cm³/mol. The van der Waals surface area contributed by atoms with Gasteiger partial charge in [-0.15, -0.1) is 0 Å². The highest BCUT2D eigenvalue weighted by molar-refractivity contribution is 5.99. The number of ether oxygens (including phenoxy) is 2. The second-order valence-corrected chi connectivity index (χ2v) is 5.05. The van der Waals surface area contributed by atoms with Gasteiger partial charge in [-0.3, -0.25) is 4.90 Å². The zero-order chi connectivity index (χ0) is 16.4. The first-order valence-corrected chi connectivity index (χ1v) is 7.66. The van der Waals surface area contributed by atoms with Gasteiger partial charge in [0.15, 0.2) is 0 Å². The smallest absolute Gasteiger partial charge is 0.335 e. The van der Waals surface area contributed by atoms with Crippen molar-refractivity contribution in [2.75, 3.05) is 20.2 Å². The van der Waals surface area contributed by atoms with E-state index in [1.807, 2.05) is 49.1 Å². The lowest BCUT2D eigenvalue weighted by molar-refractivity contribution is -0.163. The minimum Gasteiger partial charge on any atom is -0.467 e. The van der Waals surface area contributed by atoms with E-state index in [9.17, 15) is 9.59 Å². The Morgan fingerprint density at radius 2 is 1.64 bits per heavy atom. The van der Waals surface area contributed by atoms with Crippen LogP contribution in [0.15, 0.2) is 30.3 Å². The number of benzene rings is 1. The van der Waals surface area contributed by atoms with Crippen LogP contribution in [0.2, 0.25) is 0 Å². The number of hydrogen-bond donors (Lipinski definition) is 0. The number of hydrogen-bond acceptors (Lipinski definition) is 5. The van der Waals surface area contributed by atoms with Crippen LogP contribution < -0.4 is 0 Å². The molecule has 0 aromatic heterocycles. The minimum atomic E-state index is -0.992. The Balaban J connectivity index is 2.76. The van der Waals surface area contributed by atoms with Gasteiger partial charge in [0.2, 0.25) is 6.04 Å². The number of methoxy groups -OCH3 is 1. The quantitative estimate of drug-likeness (QED) is 0.518. The van der Waals surface area contributed by atoms with Gasteiger partial charge in [-0.25, -0.2) is 9.59 Å². The molecule has 1 aromatic carbocycles. The van der Waals surface area contributed by atoms with E-state index in [0.717, 1.165) is 18.4 Å². The summed E-state index contributed by atoms with van der Waals surface area (Å²) in [4.78, 5) is 26.2. The summed E-state index contributed by atoms with van der Waals surface area (Å²) < 4.78 is 10.1. The molecule has 5 heteroatoms. The maximum absolute atomic E-state index is 12.3. The van der Waals surface area contributed by atoms with Crippen LogP contribution in [0.3, 0.4) is 0 Å². The SMILES string of the molecule is CCCN(CCC)C(C(=O)OC)C(=O)OCc1ccccc1. The van der Waals surface area contributed by atoms with Gasteiger partial charge in [0, 0.05) is 0 Å². The molecule has 5 nitrogen and oxygen atoms in total. The largest absolute Gasteiger partial charge is 0.467 e. The van der Waals surface area contributed by atoms with E-state index < -0.39 is 18.0 Å². The van der Waals surface area contributed by atoms with E-state index in [4.69, 9.17) is 9.47 Å². The summed E-state index contributed by atoms with van der Waals surface area (Å²) in [5.74, 6) is -1.13. The van der Waals surface area contributed by atoms with E-state index in [1.165, 1.54) is 7.11 Å². The van der Waals surface area contributed by atoms with Crippen molar-refractivity contribution in [3.05, 3.63) is 35.9 Å². The summed E-state index contributed by atoms with van der Waals surface area (Å²) in [6.07, 6.45) is 1.69. The molecule has 1 unspecified atom stereocenters. The molecule has 0 heterocycles. The topological polar surface area (TPSA) is 55.8 Å². The average molecular weight is 307 g/mol. The molecule has 0 saturated carbocycles. The molecule has 122 valence electrons. The maximum atomic E-state index is 12.3. The summed E-state index contributed by atoms with van der Waals surface area (Å²) in [5.41, 5.74) is 0.886. The highest BCUT2D eigenvalue weighted by Gasteiger charge is 2.34. The Labute approximate surface area is 132 Å². The molecule has 0 aliphatic heterocycles. The van der Waals surface area contributed by atoms with Crippen LogP contribution in [0.4, 0.5) is 0 Å².